The number of nitrogens with zero attached hydrogens (tertiary/aromatic N) is 5. The van der Waals surface area contributed by atoms with Gasteiger partial charge in [0, 0.05) is 45.0 Å². The quantitative estimate of drug-likeness (QED) is 0.741. The fourth-order valence-electron chi connectivity index (χ4n) is 3.63. The van der Waals surface area contributed by atoms with Crippen molar-refractivity contribution in [2.75, 3.05) is 18.0 Å². The minimum atomic E-state index is -0.00306. The molecule has 0 amide bonds. The van der Waals surface area contributed by atoms with Crippen LogP contribution < -0.4 is 10.5 Å². The molecule has 4 rings (SSSR count). The molecule has 1 fully saturated rings. The SMILES string of the molecule is CCn1c(=O)c(N2CC[C@H](c3nccn3C)C2)nc2ccccc21. The Bertz CT molecular complexity index is 942. The molecular formula is C18H21N5O. The van der Waals surface area contributed by atoms with Gasteiger partial charge in [-0.25, -0.2) is 9.97 Å². The first-order valence-electron chi connectivity index (χ1n) is 8.40. The molecule has 0 aliphatic carbocycles. The number of para-hydroxylation sites is 2. The molecule has 1 aliphatic heterocycles. The normalized spacial score (nSPS) is 17.8. The Kier molecular flexibility index (Phi) is 3.59. The molecule has 24 heavy (non-hydrogen) atoms. The van der Waals surface area contributed by atoms with Gasteiger partial charge in [0.15, 0.2) is 5.82 Å². The first kappa shape index (κ1) is 14.9. The molecule has 0 unspecified atom stereocenters. The van der Waals surface area contributed by atoms with Crippen molar-refractivity contribution in [1.29, 1.82) is 0 Å². The summed E-state index contributed by atoms with van der Waals surface area (Å²) in [5, 5.41) is 0. The van der Waals surface area contributed by atoms with Crippen molar-refractivity contribution in [3.63, 3.8) is 0 Å². The zero-order chi connectivity index (χ0) is 16.7. The summed E-state index contributed by atoms with van der Waals surface area (Å²) < 4.78 is 3.87. The predicted molar refractivity (Wildman–Crippen MR) is 94.5 cm³/mol. The smallest absolute Gasteiger partial charge is 0.293 e. The molecule has 0 radical (unpaired) electrons. The summed E-state index contributed by atoms with van der Waals surface area (Å²) in [6.07, 6.45) is 4.79. The van der Waals surface area contributed by atoms with Gasteiger partial charge in [-0.1, -0.05) is 12.1 Å². The lowest BCUT2D eigenvalue weighted by Gasteiger charge is -2.19. The minimum Gasteiger partial charge on any atom is -0.351 e. The maximum absolute atomic E-state index is 12.9. The van der Waals surface area contributed by atoms with E-state index in [2.05, 4.69) is 19.4 Å². The molecule has 1 aliphatic rings. The number of rotatable bonds is 3. The molecule has 6 heteroatoms. The minimum absolute atomic E-state index is 0.00306. The van der Waals surface area contributed by atoms with Crippen LogP contribution in [0.5, 0.6) is 0 Å². The average Bonchev–Trinajstić information content (AvgIpc) is 3.23. The molecule has 6 nitrogen and oxygen atoms in total. The number of hydrogen-bond donors (Lipinski definition) is 0. The van der Waals surface area contributed by atoms with Crippen LogP contribution in [0.3, 0.4) is 0 Å². The van der Waals surface area contributed by atoms with Crippen LogP contribution in [0.1, 0.15) is 25.1 Å². The van der Waals surface area contributed by atoms with Gasteiger partial charge in [-0.3, -0.25) is 4.79 Å². The summed E-state index contributed by atoms with van der Waals surface area (Å²) in [4.78, 5) is 24.1. The number of anilines is 1. The van der Waals surface area contributed by atoms with Gasteiger partial charge >= 0.3 is 0 Å². The van der Waals surface area contributed by atoms with Gasteiger partial charge in [0.1, 0.15) is 5.82 Å². The number of aromatic nitrogens is 4. The van der Waals surface area contributed by atoms with E-state index in [1.807, 2.05) is 55.2 Å². The summed E-state index contributed by atoms with van der Waals surface area (Å²) in [7, 11) is 2.02. The zero-order valence-corrected chi connectivity index (χ0v) is 14.0. The molecule has 3 heterocycles. The Balaban J connectivity index is 1.74. The van der Waals surface area contributed by atoms with E-state index in [1.54, 1.807) is 0 Å². The lowest BCUT2D eigenvalue weighted by molar-refractivity contribution is 0.664. The number of aryl methyl sites for hydroxylation is 2. The number of benzene rings is 1. The van der Waals surface area contributed by atoms with Crippen LogP contribution in [-0.2, 0) is 13.6 Å². The highest BCUT2D eigenvalue weighted by Gasteiger charge is 2.29. The van der Waals surface area contributed by atoms with E-state index in [4.69, 9.17) is 0 Å². The highest BCUT2D eigenvalue weighted by molar-refractivity contribution is 5.76. The summed E-state index contributed by atoms with van der Waals surface area (Å²) in [6, 6.07) is 7.83. The fraction of sp³-hybridized carbons (Fsp3) is 0.389. The molecule has 0 saturated carbocycles. The van der Waals surface area contributed by atoms with Gasteiger partial charge in [0.2, 0.25) is 0 Å². The van der Waals surface area contributed by atoms with Crippen LogP contribution in [0.15, 0.2) is 41.5 Å². The van der Waals surface area contributed by atoms with Gasteiger partial charge in [-0.2, -0.15) is 0 Å². The summed E-state index contributed by atoms with van der Waals surface area (Å²) in [5.74, 6) is 1.98. The third-order valence-corrected chi connectivity index (χ3v) is 4.86. The molecule has 0 bridgehead atoms. The molecular weight excluding hydrogens is 302 g/mol. The molecule has 124 valence electrons. The average molecular weight is 323 g/mol. The van der Waals surface area contributed by atoms with Crippen molar-refractivity contribution in [2.45, 2.75) is 25.8 Å². The van der Waals surface area contributed by atoms with Crippen molar-refractivity contribution < 1.29 is 0 Å². The van der Waals surface area contributed by atoms with Crippen LogP contribution in [0.4, 0.5) is 5.82 Å². The lowest BCUT2D eigenvalue weighted by atomic mass is 10.1. The molecule has 3 aromatic rings. The number of imidazole rings is 1. The molecule has 1 atom stereocenters. The molecule has 1 saturated heterocycles. The zero-order valence-electron chi connectivity index (χ0n) is 14.0. The van der Waals surface area contributed by atoms with E-state index in [0.717, 1.165) is 36.4 Å². The highest BCUT2D eigenvalue weighted by atomic mass is 16.1. The summed E-state index contributed by atoms with van der Waals surface area (Å²) in [6.45, 7) is 4.26. The Morgan fingerprint density at radius 2 is 2.12 bits per heavy atom. The van der Waals surface area contributed by atoms with Gasteiger partial charge in [0.05, 0.1) is 11.0 Å². The first-order valence-corrected chi connectivity index (χ1v) is 8.40. The van der Waals surface area contributed by atoms with Crippen LogP contribution in [-0.4, -0.2) is 32.2 Å². The lowest BCUT2D eigenvalue weighted by Crippen LogP contribution is -2.32. The Labute approximate surface area is 140 Å². The van der Waals surface area contributed by atoms with Gasteiger partial charge in [0.25, 0.3) is 5.56 Å². The fourth-order valence-corrected chi connectivity index (χ4v) is 3.63. The Morgan fingerprint density at radius 3 is 2.88 bits per heavy atom. The van der Waals surface area contributed by atoms with Gasteiger partial charge in [-0.05, 0) is 25.5 Å². The number of fused-ring (bicyclic) bond motifs is 1. The largest absolute Gasteiger partial charge is 0.351 e. The second-order valence-electron chi connectivity index (χ2n) is 6.30. The third-order valence-electron chi connectivity index (χ3n) is 4.86. The Hall–Kier alpha value is -2.63. The second kappa shape index (κ2) is 5.78. The van der Waals surface area contributed by atoms with Crippen molar-refractivity contribution >= 4 is 16.9 Å². The van der Waals surface area contributed by atoms with E-state index in [0.29, 0.717) is 18.3 Å². The van der Waals surface area contributed by atoms with E-state index >= 15 is 0 Å². The molecule has 0 N–H and O–H groups in total. The van der Waals surface area contributed by atoms with Crippen LogP contribution >= 0.6 is 0 Å². The van der Waals surface area contributed by atoms with E-state index in [1.165, 1.54) is 0 Å². The molecule has 2 aromatic heterocycles. The summed E-state index contributed by atoms with van der Waals surface area (Å²) in [5.41, 5.74) is 1.76. The van der Waals surface area contributed by atoms with Gasteiger partial charge < -0.3 is 14.0 Å². The van der Waals surface area contributed by atoms with Crippen LogP contribution in [0.25, 0.3) is 11.0 Å². The monoisotopic (exact) mass is 323 g/mol. The van der Waals surface area contributed by atoms with Crippen molar-refractivity contribution in [2.24, 2.45) is 7.05 Å². The third kappa shape index (κ3) is 2.29. The number of hydrogen-bond acceptors (Lipinski definition) is 4. The second-order valence-corrected chi connectivity index (χ2v) is 6.30. The van der Waals surface area contributed by atoms with E-state index in [-0.39, 0.29) is 5.56 Å². The maximum atomic E-state index is 12.9. The van der Waals surface area contributed by atoms with Gasteiger partial charge in [-0.15, -0.1) is 0 Å². The topological polar surface area (TPSA) is 56.0 Å². The van der Waals surface area contributed by atoms with E-state index in [9.17, 15) is 4.79 Å². The standard InChI is InChI=1S/C18H21N5O/c1-3-23-15-7-5-4-6-14(15)20-17(18(23)24)22-10-8-13(12-22)16-19-9-11-21(16)2/h4-7,9,11,13H,3,8,10,12H2,1-2H3/t13-/m0/s1. The Morgan fingerprint density at radius 1 is 1.29 bits per heavy atom. The summed E-state index contributed by atoms with van der Waals surface area (Å²) >= 11 is 0. The highest BCUT2D eigenvalue weighted by Crippen LogP contribution is 2.28. The molecule has 1 aromatic carbocycles. The molecule has 0 spiro atoms. The van der Waals surface area contributed by atoms with Crippen molar-refractivity contribution in [3.8, 4) is 0 Å². The van der Waals surface area contributed by atoms with Crippen molar-refractivity contribution in [1.82, 2.24) is 19.1 Å². The van der Waals surface area contributed by atoms with Crippen LogP contribution in [0.2, 0.25) is 0 Å². The maximum Gasteiger partial charge on any atom is 0.293 e. The predicted octanol–water partition coefficient (Wildman–Crippen LogP) is 2.14. The van der Waals surface area contributed by atoms with Crippen molar-refractivity contribution in [3.05, 3.63) is 52.8 Å². The van der Waals surface area contributed by atoms with Crippen LogP contribution in [0, 0.1) is 0 Å². The first-order chi connectivity index (χ1) is 11.7. The van der Waals surface area contributed by atoms with E-state index < -0.39 is 0 Å².